The van der Waals surface area contributed by atoms with Gasteiger partial charge < -0.3 is 10.6 Å². The summed E-state index contributed by atoms with van der Waals surface area (Å²) < 4.78 is 0.819. The number of nitrogens with one attached hydrogen (secondary N) is 2. The molecular weight excluding hydrogens is 368 g/mol. The second kappa shape index (κ2) is 7.75. The number of nitro benzene ring substituents is 1. The molecule has 3 aromatic rings. The predicted octanol–water partition coefficient (Wildman–Crippen LogP) is 3.81. The highest BCUT2D eigenvalue weighted by molar-refractivity contribution is 7.22. The molecule has 0 aliphatic heterocycles. The maximum atomic E-state index is 12.1. The van der Waals surface area contributed by atoms with Crippen molar-refractivity contribution >= 4 is 56.0 Å². The van der Waals surface area contributed by atoms with Crippen molar-refractivity contribution in [3.63, 3.8) is 0 Å². The summed E-state index contributed by atoms with van der Waals surface area (Å²) in [6.45, 7) is 1.41. The molecule has 0 saturated carbocycles. The second-order valence-corrected chi connectivity index (χ2v) is 6.59. The standard InChI is InChI=1S/C18H14N4O4S/c1-11(23)19-18-21-15-7-6-13(10-16(15)27-18)20-17(24)8-5-12-3-2-4-14(9-12)22(25)26/h2-10H,1H3,(H,20,24)(H,19,21,23)/b8-5+. The van der Waals surface area contributed by atoms with Gasteiger partial charge >= 0.3 is 0 Å². The van der Waals surface area contributed by atoms with Crippen molar-refractivity contribution in [1.29, 1.82) is 0 Å². The van der Waals surface area contributed by atoms with Gasteiger partial charge in [-0.2, -0.15) is 0 Å². The fourth-order valence-corrected chi connectivity index (χ4v) is 3.26. The highest BCUT2D eigenvalue weighted by Gasteiger charge is 2.07. The summed E-state index contributed by atoms with van der Waals surface area (Å²) in [7, 11) is 0. The number of carbonyl (C=O) groups excluding carboxylic acids is 2. The Hall–Kier alpha value is -3.59. The third-order valence-corrected chi connectivity index (χ3v) is 4.38. The molecule has 0 aliphatic carbocycles. The van der Waals surface area contributed by atoms with Crippen molar-refractivity contribution in [3.8, 4) is 0 Å². The minimum absolute atomic E-state index is 0.0387. The van der Waals surface area contributed by atoms with E-state index < -0.39 is 4.92 Å². The molecule has 0 bridgehead atoms. The lowest BCUT2D eigenvalue weighted by molar-refractivity contribution is -0.384. The van der Waals surface area contributed by atoms with Crippen LogP contribution in [-0.2, 0) is 9.59 Å². The normalized spacial score (nSPS) is 10.9. The van der Waals surface area contributed by atoms with Crippen molar-refractivity contribution in [1.82, 2.24) is 4.98 Å². The van der Waals surface area contributed by atoms with Crippen LogP contribution in [0.15, 0.2) is 48.5 Å². The highest BCUT2D eigenvalue weighted by atomic mass is 32.1. The number of benzene rings is 2. The number of rotatable bonds is 5. The van der Waals surface area contributed by atoms with E-state index in [0.29, 0.717) is 21.9 Å². The molecule has 1 heterocycles. The predicted molar refractivity (Wildman–Crippen MR) is 105 cm³/mol. The van der Waals surface area contributed by atoms with Gasteiger partial charge in [0.1, 0.15) is 0 Å². The number of non-ortho nitro benzene ring substituents is 1. The van der Waals surface area contributed by atoms with Crippen LogP contribution in [0, 0.1) is 10.1 Å². The van der Waals surface area contributed by atoms with Crippen LogP contribution < -0.4 is 10.6 Å². The SMILES string of the molecule is CC(=O)Nc1nc2ccc(NC(=O)/C=C/c3cccc([N+](=O)[O-])c3)cc2s1. The van der Waals surface area contributed by atoms with E-state index in [1.165, 1.54) is 42.5 Å². The Kier molecular flexibility index (Phi) is 5.23. The lowest BCUT2D eigenvalue weighted by Crippen LogP contribution is -2.07. The Morgan fingerprint density at radius 2 is 2.00 bits per heavy atom. The average molecular weight is 382 g/mol. The first-order valence-corrected chi connectivity index (χ1v) is 8.64. The lowest BCUT2D eigenvalue weighted by atomic mass is 10.2. The number of thiazole rings is 1. The van der Waals surface area contributed by atoms with E-state index in [1.807, 2.05) is 0 Å². The molecule has 27 heavy (non-hydrogen) atoms. The van der Waals surface area contributed by atoms with Crippen LogP contribution in [0.1, 0.15) is 12.5 Å². The highest BCUT2D eigenvalue weighted by Crippen LogP contribution is 2.28. The second-order valence-electron chi connectivity index (χ2n) is 5.56. The van der Waals surface area contributed by atoms with Gasteiger partial charge in [-0.3, -0.25) is 19.7 Å². The molecule has 0 unspecified atom stereocenters. The van der Waals surface area contributed by atoms with Gasteiger partial charge in [-0.1, -0.05) is 23.5 Å². The number of aromatic nitrogens is 1. The molecule has 0 atom stereocenters. The van der Waals surface area contributed by atoms with Crippen molar-refractivity contribution < 1.29 is 14.5 Å². The van der Waals surface area contributed by atoms with E-state index in [2.05, 4.69) is 15.6 Å². The Morgan fingerprint density at radius 1 is 1.19 bits per heavy atom. The molecular formula is C18H14N4O4S. The van der Waals surface area contributed by atoms with E-state index in [0.717, 1.165) is 4.70 Å². The molecule has 8 nitrogen and oxygen atoms in total. The van der Waals surface area contributed by atoms with Gasteiger partial charge in [-0.05, 0) is 29.8 Å². The van der Waals surface area contributed by atoms with E-state index in [1.54, 1.807) is 30.3 Å². The zero-order valence-corrected chi connectivity index (χ0v) is 14.9. The number of amides is 2. The number of nitrogens with zero attached hydrogens (tertiary/aromatic N) is 2. The van der Waals surface area contributed by atoms with Gasteiger partial charge in [0.25, 0.3) is 5.69 Å². The van der Waals surface area contributed by atoms with E-state index >= 15 is 0 Å². The average Bonchev–Trinajstić information content (AvgIpc) is 3.01. The monoisotopic (exact) mass is 382 g/mol. The summed E-state index contributed by atoms with van der Waals surface area (Å²) in [5, 5.41) is 16.6. The van der Waals surface area contributed by atoms with Crippen molar-refractivity contribution in [2.24, 2.45) is 0 Å². The topological polar surface area (TPSA) is 114 Å². The third-order valence-electron chi connectivity index (χ3n) is 3.45. The maximum absolute atomic E-state index is 12.1. The van der Waals surface area contributed by atoms with Gasteiger partial charge in [0.2, 0.25) is 11.8 Å². The van der Waals surface area contributed by atoms with E-state index in [-0.39, 0.29) is 17.5 Å². The molecule has 0 saturated heterocycles. The Morgan fingerprint density at radius 3 is 2.74 bits per heavy atom. The minimum atomic E-state index is -0.489. The van der Waals surface area contributed by atoms with Gasteiger partial charge in [0.15, 0.2) is 5.13 Å². The lowest BCUT2D eigenvalue weighted by Gasteiger charge is -2.01. The number of nitro groups is 1. The number of hydrogen-bond acceptors (Lipinski definition) is 6. The first-order chi connectivity index (χ1) is 12.9. The minimum Gasteiger partial charge on any atom is -0.322 e. The van der Waals surface area contributed by atoms with Crippen LogP contribution >= 0.6 is 11.3 Å². The van der Waals surface area contributed by atoms with Crippen LogP contribution in [0.5, 0.6) is 0 Å². The van der Waals surface area contributed by atoms with Crippen molar-refractivity contribution in [2.75, 3.05) is 10.6 Å². The maximum Gasteiger partial charge on any atom is 0.270 e. The molecule has 1 aromatic heterocycles. The van der Waals surface area contributed by atoms with Crippen LogP contribution in [0.2, 0.25) is 0 Å². The van der Waals surface area contributed by atoms with E-state index in [9.17, 15) is 19.7 Å². The summed E-state index contributed by atoms with van der Waals surface area (Å²) in [4.78, 5) is 37.8. The first-order valence-electron chi connectivity index (χ1n) is 7.82. The fourth-order valence-electron chi connectivity index (χ4n) is 2.30. The molecule has 0 spiro atoms. The molecule has 0 fully saturated rings. The Balaban J connectivity index is 1.70. The molecule has 2 N–H and O–H groups in total. The molecule has 3 rings (SSSR count). The number of anilines is 2. The first kappa shape index (κ1) is 18.2. The van der Waals surface area contributed by atoms with Crippen LogP contribution in [0.3, 0.4) is 0 Å². The zero-order valence-electron chi connectivity index (χ0n) is 14.1. The molecule has 2 amide bonds. The smallest absolute Gasteiger partial charge is 0.270 e. The van der Waals surface area contributed by atoms with Gasteiger partial charge in [0, 0.05) is 30.8 Å². The summed E-state index contributed by atoms with van der Waals surface area (Å²) in [5.41, 5.74) is 1.81. The van der Waals surface area contributed by atoms with Gasteiger partial charge in [-0.25, -0.2) is 4.98 Å². The van der Waals surface area contributed by atoms with Crippen LogP contribution in [-0.4, -0.2) is 21.7 Å². The number of carbonyl (C=O) groups is 2. The quantitative estimate of drug-likeness (QED) is 0.396. The summed E-state index contributed by atoms with van der Waals surface area (Å²) in [6.07, 6.45) is 2.81. The number of fused-ring (bicyclic) bond motifs is 1. The molecule has 0 radical (unpaired) electrons. The number of hydrogen-bond donors (Lipinski definition) is 2. The van der Waals surface area contributed by atoms with Crippen molar-refractivity contribution in [2.45, 2.75) is 6.92 Å². The van der Waals surface area contributed by atoms with Crippen LogP contribution in [0.4, 0.5) is 16.5 Å². The fraction of sp³-hybridized carbons (Fsp3) is 0.0556. The molecule has 2 aromatic carbocycles. The summed E-state index contributed by atoms with van der Waals surface area (Å²) in [5.74, 6) is -0.568. The van der Waals surface area contributed by atoms with Gasteiger partial charge in [0.05, 0.1) is 15.1 Å². The molecule has 9 heteroatoms. The van der Waals surface area contributed by atoms with Gasteiger partial charge in [-0.15, -0.1) is 0 Å². The largest absolute Gasteiger partial charge is 0.322 e. The zero-order chi connectivity index (χ0) is 19.4. The third kappa shape index (κ3) is 4.73. The summed E-state index contributed by atoms with van der Waals surface area (Å²) >= 11 is 1.31. The molecule has 136 valence electrons. The molecule has 0 aliphatic rings. The van der Waals surface area contributed by atoms with Crippen molar-refractivity contribution in [3.05, 3.63) is 64.2 Å². The van der Waals surface area contributed by atoms with Crippen LogP contribution in [0.25, 0.3) is 16.3 Å². The van der Waals surface area contributed by atoms with E-state index in [4.69, 9.17) is 0 Å². The Labute approximate surface area is 157 Å². The summed E-state index contributed by atoms with van der Waals surface area (Å²) in [6, 6.07) is 11.2. The Bertz CT molecular complexity index is 1070.